The third-order valence-corrected chi connectivity index (χ3v) is 5.96. The largest absolute Gasteiger partial charge is 0.486 e. The Balaban J connectivity index is 1.89. The number of amides is 1. The Labute approximate surface area is 169 Å². The summed E-state index contributed by atoms with van der Waals surface area (Å²) in [6.45, 7) is 4.17. The van der Waals surface area contributed by atoms with Crippen LogP contribution in [0.2, 0.25) is 5.02 Å². The molecule has 0 saturated carbocycles. The Morgan fingerprint density at radius 1 is 1.14 bits per heavy atom. The molecule has 1 aliphatic heterocycles. The fourth-order valence-electron chi connectivity index (χ4n) is 2.90. The number of anilines is 2. The van der Waals surface area contributed by atoms with Crippen LogP contribution in [-0.2, 0) is 14.8 Å². The van der Waals surface area contributed by atoms with Gasteiger partial charge in [-0.2, -0.15) is 0 Å². The number of carbonyl (C=O) groups excluding carboxylic acids is 1. The van der Waals surface area contributed by atoms with Crippen molar-refractivity contribution >= 4 is 38.9 Å². The minimum Gasteiger partial charge on any atom is -0.486 e. The summed E-state index contributed by atoms with van der Waals surface area (Å²) in [5.74, 6) is 0.491. The summed E-state index contributed by atoms with van der Waals surface area (Å²) in [4.78, 5) is 12.7. The topological polar surface area (TPSA) is 84.9 Å². The van der Waals surface area contributed by atoms with E-state index in [9.17, 15) is 13.2 Å². The van der Waals surface area contributed by atoms with Crippen LogP contribution in [0.3, 0.4) is 0 Å². The molecule has 0 saturated heterocycles. The molecule has 1 heterocycles. The SMILES string of the molecule is Cc1ccc(NC(=O)[C@H](C)N(c2ccc3c(c2)OCCO3)S(C)(=O)=O)cc1Cl. The minimum absolute atomic E-state index is 0.316. The molecule has 150 valence electrons. The van der Waals surface area contributed by atoms with E-state index in [1.165, 1.54) is 6.92 Å². The maximum absolute atomic E-state index is 12.7. The first kappa shape index (κ1) is 20.3. The molecule has 0 spiro atoms. The van der Waals surface area contributed by atoms with Gasteiger partial charge in [-0.1, -0.05) is 17.7 Å². The minimum atomic E-state index is -3.75. The summed E-state index contributed by atoms with van der Waals surface area (Å²) >= 11 is 6.09. The summed E-state index contributed by atoms with van der Waals surface area (Å²) in [5.41, 5.74) is 1.68. The van der Waals surface area contributed by atoms with Crippen molar-refractivity contribution in [3.63, 3.8) is 0 Å². The number of sulfonamides is 1. The van der Waals surface area contributed by atoms with Gasteiger partial charge in [-0.25, -0.2) is 8.42 Å². The Morgan fingerprint density at radius 2 is 1.82 bits per heavy atom. The van der Waals surface area contributed by atoms with Gasteiger partial charge >= 0.3 is 0 Å². The molecule has 0 unspecified atom stereocenters. The summed E-state index contributed by atoms with van der Waals surface area (Å²) in [6, 6.07) is 8.88. The van der Waals surface area contributed by atoms with Gasteiger partial charge in [0.2, 0.25) is 15.9 Å². The van der Waals surface area contributed by atoms with Gasteiger partial charge in [-0.05, 0) is 43.7 Å². The van der Waals surface area contributed by atoms with Gasteiger partial charge in [-0.3, -0.25) is 9.10 Å². The number of carbonyl (C=O) groups is 1. The number of fused-ring (bicyclic) bond motifs is 1. The molecule has 7 nitrogen and oxygen atoms in total. The van der Waals surface area contributed by atoms with Crippen molar-refractivity contribution in [3.05, 3.63) is 47.0 Å². The van der Waals surface area contributed by atoms with Crippen LogP contribution in [0, 0.1) is 6.92 Å². The van der Waals surface area contributed by atoms with Gasteiger partial charge in [0.25, 0.3) is 0 Å². The predicted molar refractivity (Wildman–Crippen MR) is 109 cm³/mol. The molecule has 1 atom stereocenters. The first-order valence-electron chi connectivity index (χ1n) is 8.63. The highest BCUT2D eigenvalue weighted by Gasteiger charge is 2.30. The number of benzene rings is 2. The third kappa shape index (κ3) is 4.34. The van der Waals surface area contributed by atoms with Gasteiger partial charge in [0.15, 0.2) is 11.5 Å². The molecule has 0 bridgehead atoms. The Bertz CT molecular complexity index is 1010. The highest BCUT2D eigenvalue weighted by Crippen LogP contribution is 2.35. The van der Waals surface area contributed by atoms with Crippen LogP contribution in [0.15, 0.2) is 36.4 Å². The molecule has 3 rings (SSSR count). The van der Waals surface area contributed by atoms with Crippen LogP contribution in [0.1, 0.15) is 12.5 Å². The zero-order chi connectivity index (χ0) is 20.5. The molecule has 28 heavy (non-hydrogen) atoms. The van der Waals surface area contributed by atoms with E-state index in [0.717, 1.165) is 16.1 Å². The zero-order valence-corrected chi connectivity index (χ0v) is 17.3. The third-order valence-electron chi connectivity index (χ3n) is 4.31. The molecule has 1 N–H and O–H groups in total. The molecule has 1 amide bonds. The monoisotopic (exact) mass is 424 g/mol. The molecular weight excluding hydrogens is 404 g/mol. The first-order chi connectivity index (χ1) is 13.2. The van der Waals surface area contributed by atoms with Gasteiger partial charge in [-0.15, -0.1) is 0 Å². The summed E-state index contributed by atoms with van der Waals surface area (Å²) < 4.78 is 36.9. The van der Waals surface area contributed by atoms with E-state index in [-0.39, 0.29) is 0 Å². The van der Waals surface area contributed by atoms with E-state index in [1.54, 1.807) is 36.4 Å². The van der Waals surface area contributed by atoms with Crippen LogP contribution in [0.25, 0.3) is 0 Å². The maximum Gasteiger partial charge on any atom is 0.247 e. The fraction of sp³-hybridized carbons (Fsp3) is 0.316. The Kier molecular flexibility index (Phi) is 5.71. The van der Waals surface area contributed by atoms with Crippen molar-refractivity contribution in [2.75, 3.05) is 29.1 Å². The molecule has 2 aromatic rings. The van der Waals surface area contributed by atoms with Gasteiger partial charge < -0.3 is 14.8 Å². The number of halogens is 1. The van der Waals surface area contributed by atoms with Crippen LogP contribution >= 0.6 is 11.6 Å². The standard InChI is InChI=1S/C19H21ClN2O5S/c1-12-4-5-14(10-16(12)20)21-19(23)13(2)22(28(3,24)25)15-6-7-17-18(11-15)27-9-8-26-17/h4-7,10-11,13H,8-9H2,1-3H3,(H,21,23)/t13-/m0/s1. The van der Waals surface area contributed by atoms with E-state index in [2.05, 4.69) is 5.32 Å². The lowest BCUT2D eigenvalue weighted by atomic mass is 10.2. The number of nitrogens with one attached hydrogen (secondary N) is 1. The average molecular weight is 425 g/mol. The lowest BCUT2D eigenvalue weighted by Crippen LogP contribution is -2.45. The van der Waals surface area contributed by atoms with Crippen LogP contribution in [0.4, 0.5) is 11.4 Å². The summed E-state index contributed by atoms with van der Waals surface area (Å²) in [7, 11) is -3.75. The van der Waals surface area contributed by atoms with Crippen molar-refractivity contribution in [3.8, 4) is 11.5 Å². The van der Waals surface area contributed by atoms with E-state index < -0.39 is 22.0 Å². The quantitative estimate of drug-likeness (QED) is 0.796. The van der Waals surface area contributed by atoms with E-state index in [0.29, 0.717) is 41.1 Å². The first-order valence-corrected chi connectivity index (χ1v) is 10.9. The van der Waals surface area contributed by atoms with Gasteiger partial charge in [0, 0.05) is 16.8 Å². The van der Waals surface area contributed by atoms with Crippen molar-refractivity contribution in [1.29, 1.82) is 0 Å². The van der Waals surface area contributed by atoms with Crippen LogP contribution < -0.4 is 19.1 Å². The molecule has 0 fully saturated rings. The van der Waals surface area contributed by atoms with Gasteiger partial charge in [0.05, 0.1) is 11.9 Å². The molecule has 1 aliphatic rings. The van der Waals surface area contributed by atoms with Crippen LogP contribution in [0.5, 0.6) is 11.5 Å². The molecule has 2 aromatic carbocycles. The fourth-order valence-corrected chi connectivity index (χ4v) is 4.24. The molecule has 0 aliphatic carbocycles. The second kappa shape index (κ2) is 7.89. The number of ether oxygens (including phenoxy) is 2. The highest BCUT2D eigenvalue weighted by molar-refractivity contribution is 7.92. The zero-order valence-electron chi connectivity index (χ0n) is 15.7. The van der Waals surface area contributed by atoms with Crippen LogP contribution in [-0.4, -0.2) is 39.8 Å². The van der Waals surface area contributed by atoms with Crippen molar-refractivity contribution in [2.45, 2.75) is 19.9 Å². The average Bonchev–Trinajstić information content (AvgIpc) is 2.63. The summed E-state index contributed by atoms with van der Waals surface area (Å²) in [6.07, 6.45) is 1.05. The number of hydrogen-bond acceptors (Lipinski definition) is 5. The number of hydrogen-bond donors (Lipinski definition) is 1. The van der Waals surface area contributed by atoms with Crippen molar-refractivity contribution < 1.29 is 22.7 Å². The lowest BCUT2D eigenvalue weighted by Gasteiger charge is -2.29. The normalized spacial score (nSPS) is 14.3. The predicted octanol–water partition coefficient (Wildman–Crippen LogP) is 3.21. The van der Waals surface area contributed by atoms with E-state index >= 15 is 0 Å². The highest BCUT2D eigenvalue weighted by atomic mass is 35.5. The molecule has 9 heteroatoms. The van der Waals surface area contributed by atoms with E-state index in [1.807, 2.05) is 6.92 Å². The lowest BCUT2D eigenvalue weighted by molar-refractivity contribution is -0.116. The Hall–Kier alpha value is -2.45. The number of aryl methyl sites for hydroxylation is 1. The molecule has 0 radical (unpaired) electrons. The second-order valence-corrected chi connectivity index (χ2v) is 8.78. The molecule has 0 aromatic heterocycles. The number of rotatable bonds is 5. The molecular formula is C19H21ClN2O5S. The Morgan fingerprint density at radius 3 is 2.46 bits per heavy atom. The van der Waals surface area contributed by atoms with Crippen molar-refractivity contribution in [1.82, 2.24) is 0 Å². The smallest absolute Gasteiger partial charge is 0.247 e. The van der Waals surface area contributed by atoms with Gasteiger partial charge in [0.1, 0.15) is 19.3 Å². The summed E-state index contributed by atoms with van der Waals surface area (Å²) in [5, 5.41) is 3.22. The maximum atomic E-state index is 12.7. The van der Waals surface area contributed by atoms with E-state index in [4.69, 9.17) is 21.1 Å². The second-order valence-electron chi connectivity index (χ2n) is 6.52. The number of nitrogens with zero attached hydrogens (tertiary/aromatic N) is 1. The van der Waals surface area contributed by atoms with Crippen molar-refractivity contribution in [2.24, 2.45) is 0 Å².